The van der Waals surface area contributed by atoms with Gasteiger partial charge >= 0.3 is 0 Å². The third kappa shape index (κ3) is 1.80. The highest BCUT2D eigenvalue weighted by Crippen LogP contribution is 2.28. The van der Waals surface area contributed by atoms with Crippen molar-refractivity contribution in [1.82, 2.24) is 14.9 Å². The van der Waals surface area contributed by atoms with Crippen LogP contribution in [0.3, 0.4) is 0 Å². The summed E-state index contributed by atoms with van der Waals surface area (Å²) in [5, 5.41) is 9.46. The van der Waals surface area contributed by atoms with Crippen LogP contribution < -0.4 is 5.43 Å². The third-order valence-corrected chi connectivity index (χ3v) is 4.02. The Bertz CT molecular complexity index is 549. The van der Waals surface area contributed by atoms with Crippen molar-refractivity contribution in [3.05, 3.63) is 29.8 Å². The highest BCUT2D eigenvalue weighted by molar-refractivity contribution is 7.99. The number of thioether (sulfide) groups is 1. The van der Waals surface area contributed by atoms with Crippen molar-refractivity contribution < 1.29 is 0 Å². The maximum absolute atomic E-state index is 4.29. The van der Waals surface area contributed by atoms with E-state index in [0.29, 0.717) is 6.04 Å². The average Bonchev–Trinajstić information content (AvgIpc) is 2.72. The molecule has 0 saturated heterocycles. The van der Waals surface area contributed by atoms with E-state index in [1.165, 1.54) is 5.56 Å². The van der Waals surface area contributed by atoms with Crippen LogP contribution in [-0.2, 0) is 0 Å². The van der Waals surface area contributed by atoms with E-state index < -0.39 is 0 Å². The number of nitrogens with zero attached hydrogens (tertiary/aromatic N) is 3. The van der Waals surface area contributed by atoms with Crippen LogP contribution in [0.25, 0.3) is 11.4 Å². The van der Waals surface area contributed by atoms with Gasteiger partial charge in [0.2, 0.25) is 5.16 Å². The Labute approximate surface area is 104 Å². The Morgan fingerprint density at radius 3 is 3.00 bits per heavy atom. The van der Waals surface area contributed by atoms with Gasteiger partial charge in [-0.3, -0.25) is 0 Å². The first-order valence-electron chi connectivity index (χ1n) is 5.66. The minimum Gasteiger partial charge on any atom is -0.318 e. The standard InChI is InChI=1S/C12H14N4S/c1-8-5-3-4-6-10(8)11-13-14-12-16(11)15-9(2)7-17-12/h3-6,9,15H,7H2,1-2H3. The van der Waals surface area contributed by atoms with E-state index in [1.54, 1.807) is 11.8 Å². The number of hydrogen-bond acceptors (Lipinski definition) is 4. The summed E-state index contributed by atoms with van der Waals surface area (Å²) in [5.74, 6) is 1.93. The van der Waals surface area contributed by atoms with Gasteiger partial charge in [0, 0.05) is 17.4 Å². The molecule has 1 aromatic heterocycles. The maximum atomic E-state index is 4.29. The zero-order chi connectivity index (χ0) is 11.8. The molecular formula is C12H14N4S. The molecular weight excluding hydrogens is 232 g/mol. The topological polar surface area (TPSA) is 42.7 Å². The van der Waals surface area contributed by atoms with Gasteiger partial charge in [0.05, 0.1) is 0 Å². The Morgan fingerprint density at radius 1 is 1.35 bits per heavy atom. The Morgan fingerprint density at radius 2 is 2.18 bits per heavy atom. The third-order valence-electron chi connectivity index (χ3n) is 2.83. The fourth-order valence-electron chi connectivity index (χ4n) is 1.94. The summed E-state index contributed by atoms with van der Waals surface area (Å²) in [7, 11) is 0. The first-order chi connectivity index (χ1) is 8.25. The van der Waals surface area contributed by atoms with Crippen molar-refractivity contribution in [2.75, 3.05) is 11.2 Å². The summed E-state index contributed by atoms with van der Waals surface area (Å²) in [4.78, 5) is 0. The lowest BCUT2D eigenvalue weighted by molar-refractivity contribution is 0.672. The molecule has 0 aliphatic carbocycles. The normalized spacial score (nSPS) is 18.6. The second-order valence-electron chi connectivity index (χ2n) is 4.30. The van der Waals surface area contributed by atoms with E-state index in [-0.39, 0.29) is 0 Å². The summed E-state index contributed by atoms with van der Waals surface area (Å²) in [5.41, 5.74) is 5.75. The minimum atomic E-state index is 0.436. The van der Waals surface area contributed by atoms with Gasteiger partial charge in [-0.05, 0) is 19.4 Å². The molecule has 88 valence electrons. The van der Waals surface area contributed by atoms with Gasteiger partial charge in [0.15, 0.2) is 5.82 Å². The molecule has 1 aliphatic heterocycles. The van der Waals surface area contributed by atoms with Crippen LogP contribution in [0.5, 0.6) is 0 Å². The van der Waals surface area contributed by atoms with Crippen molar-refractivity contribution in [2.24, 2.45) is 0 Å². The monoisotopic (exact) mass is 246 g/mol. The molecule has 1 aliphatic rings. The van der Waals surface area contributed by atoms with Crippen LogP contribution in [0.1, 0.15) is 12.5 Å². The van der Waals surface area contributed by atoms with Gasteiger partial charge in [-0.1, -0.05) is 36.0 Å². The van der Waals surface area contributed by atoms with E-state index in [9.17, 15) is 0 Å². The zero-order valence-corrected chi connectivity index (χ0v) is 10.7. The van der Waals surface area contributed by atoms with Crippen molar-refractivity contribution in [3.63, 3.8) is 0 Å². The van der Waals surface area contributed by atoms with E-state index in [0.717, 1.165) is 22.3 Å². The van der Waals surface area contributed by atoms with Crippen molar-refractivity contribution in [2.45, 2.75) is 25.0 Å². The highest BCUT2D eigenvalue weighted by Gasteiger charge is 2.21. The van der Waals surface area contributed by atoms with E-state index in [1.807, 2.05) is 16.8 Å². The van der Waals surface area contributed by atoms with Crippen LogP contribution in [0.2, 0.25) is 0 Å². The van der Waals surface area contributed by atoms with Crippen LogP contribution in [0, 0.1) is 6.92 Å². The Hall–Kier alpha value is -1.49. The highest BCUT2D eigenvalue weighted by atomic mass is 32.2. The van der Waals surface area contributed by atoms with Crippen LogP contribution in [0.4, 0.5) is 0 Å². The molecule has 0 bridgehead atoms. The fourth-order valence-corrected chi connectivity index (χ4v) is 2.78. The van der Waals surface area contributed by atoms with E-state index in [2.05, 4.69) is 41.6 Å². The molecule has 4 nitrogen and oxygen atoms in total. The molecule has 1 atom stereocenters. The van der Waals surface area contributed by atoms with Crippen LogP contribution in [-0.4, -0.2) is 26.7 Å². The minimum absolute atomic E-state index is 0.436. The molecule has 0 saturated carbocycles. The van der Waals surface area contributed by atoms with Crippen molar-refractivity contribution in [1.29, 1.82) is 0 Å². The fraction of sp³-hybridized carbons (Fsp3) is 0.333. The van der Waals surface area contributed by atoms with Crippen molar-refractivity contribution in [3.8, 4) is 11.4 Å². The number of benzene rings is 1. The molecule has 2 heterocycles. The Balaban J connectivity index is 2.11. The lowest BCUT2D eigenvalue weighted by Crippen LogP contribution is -2.32. The maximum Gasteiger partial charge on any atom is 0.210 e. The quantitative estimate of drug-likeness (QED) is 0.838. The predicted octanol–water partition coefficient (Wildman–Crippen LogP) is 2.29. The number of aryl methyl sites for hydroxylation is 1. The number of nitrogens with one attached hydrogen (secondary N) is 1. The number of hydrogen-bond donors (Lipinski definition) is 1. The lowest BCUT2D eigenvalue weighted by atomic mass is 10.1. The van der Waals surface area contributed by atoms with Crippen molar-refractivity contribution >= 4 is 11.8 Å². The number of aromatic nitrogens is 3. The number of fused-ring (bicyclic) bond motifs is 1. The van der Waals surface area contributed by atoms with Gasteiger partial charge in [0.25, 0.3) is 0 Å². The Kier molecular flexibility index (Phi) is 2.55. The molecule has 0 amide bonds. The average molecular weight is 246 g/mol. The van der Waals surface area contributed by atoms with Crippen LogP contribution >= 0.6 is 11.8 Å². The summed E-state index contributed by atoms with van der Waals surface area (Å²) in [6, 6.07) is 8.68. The number of rotatable bonds is 1. The molecule has 0 radical (unpaired) electrons. The summed E-state index contributed by atoms with van der Waals surface area (Å²) < 4.78 is 2.00. The van der Waals surface area contributed by atoms with E-state index >= 15 is 0 Å². The molecule has 1 unspecified atom stereocenters. The van der Waals surface area contributed by atoms with Gasteiger partial charge in [-0.25, -0.2) is 4.68 Å². The molecule has 1 N–H and O–H groups in total. The molecule has 0 fully saturated rings. The zero-order valence-electron chi connectivity index (χ0n) is 9.84. The molecule has 5 heteroatoms. The second-order valence-corrected chi connectivity index (χ2v) is 5.28. The predicted molar refractivity (Wildman–Crippen MR) is 69.7 cm³/mol. The summed E-state index contributed by atoms with van der Waals surface area (Å²) >= 11 is 1.75. The molecule has 2 aromatic rings. The molecule has 1 aromatic carbocycles. The van der Waals surface area contributed by atoms with Gasteiger partial charge in [-0.15, -0.1) is 10.2 Å². The molecule has 17 heavy (non-hydrogen) atoms. The second kappa shape index (κ2) is 4.07. The van der Waals surface area contributed by atoms with Crippen LogP contribution in [0.15, 0.2) is 29.4 Å². The van der Waals surface area contributed by atoms with Gasteiger partial charge < -0.3 is 5.43 Å². The first-order valence-corrected chi connectivity index (χ1v) is 6.65. The van der Waals surface area contributed by atoms with Gasteiger partial charge in [0.1, 0.15) is 0 Å². The SMILES string of the molecule is Cc1ccccc1-c1nnc2n1NC(C)CS2. The summed E-state index contributed by atoms with van der Waals surface area (Å²) in [6.45, 7) is 4.26. The van der Waals surface area contributed by atoms with E-state index in [4.69, 9.17) is 0 Å². The lowest BCUT2D eigenvalue weighted by Gasteiger charge is -2.23. The molecule has 0 spiro atoms. The smallest absolute Gasteiger partial charge is 0.210 e. The largest absolute Gasteiger partial charge is 0.318 e. The first kappa shape index (κ1) is 10.7. The summed E-state index contributed by atoms with van der Waals surface area (Å²) in [6.07, 6.45) is 0. The van der Waals surface area contributed by atoms with Gasteiger partial charge in [-0.2, -0.15) is 0 Å². The molecule has 3 rings (SSSR count).